The van der Waals surface area contributed by atoms with E-state index in [0.29, 0.717) is 10.9 Å². The number of pyridine rings is 1. The summed E-state index contributed by atoms with van der Waals surface area (Å²) in [4.78, 5) is 14.9. The average molecular weight is 223 g/mol. The Kier molecular flexibility index (Phi) is 2.01. The number of nitro groups is 1. The highest BCUT2D eigenvalue weighted by Gasteiger charge is 2.12. The number of benzene rings is 2. The van der Waals surface area contributed by atoms with Gasteiger partial charge in [0.1, 0.15) is 0 Å². The van der Waals surface area contributed by atoms with Crippen molar-refractivity contribution in [1.82, 2.24) is 4.98 Å². The highest BCUT2D eigenvalue weighted by Crippen LogP contribution is 2.26. The summed E-state index contributed by atoms with van der Waals surface area (Å²) in [6.07, 6.45) is 0. The van der Waals surface area contributed by atoms with Crippen LogP contribution in [0.4, 0.5) is 5.69 Å². The van der Waals surface area contributed by atoms with Crippen molar-refractivity contribution in [2.75, 3.05) is 0 Å². The zero-order chi connectivity index (χ0) is 11.8. The van der Waals surface area contributed by atoms with Gasteiger partial charge in [-0.05, 0) is 12.1 Å². The van der Waals surface area contributed by atoms with Gasteiger partial charge in [0.25, 0.3) is 5.69 Å². The molecule has 0 aliphatic heterocycles. The molecule has 0 saturated carbocycles. The molecular weight excluding hydrogens is 216 g/mol. The molecule has 1 heterocycles. The maximum absolute atomic E-state index is 10.9. The first kappa shape index (κ1) is 9.72. The summed E-state index contributed by atoms with van der Waals surface area (Å²) < 4.78 is 0. The average Bonchev–Trinajstić information content (AvgIpc) is 2.35. The van der Waals surface area contributed by atoms with Crippen LogP contribution in [-0.2, 0) is 0 Å². The first-order valence-corrected chi connectivity index (χ1v) is 5.11. The fraction of sp³-hybridized carbons (Fsp3) is 0. The molecule has 0 N–H and O–H groups in total. The van der Waals surface area contributed by atoms with Gasteiger partial charge < -0.3 is 0 Å². The predicted octanol–water partition coefficient (Wildman–Crippen LogP) is 3.10. The lowest BCUT2D eigenvalue weighted by Gasteiger charge is -2.01. The maximum atomic E-state index is 10.9. The number of para-hydroxylation sites is 1. The molecule has 4 nitrogen and oxygen atoms in total. The topological polar surface area (TPSA) is 56.0 Å². The van der Waals surface area contributed by atoms with Gasteiger partial charge in [0.2, 0.25) is 0 Å². The quantitative estimate of drug-likeness (QED) is 0.362. The highest BCUT2D eigenvalue weighted by atomic mass is 16.6. The molecule has 0 unspecified atom stereocenters. The van der Waals surface area contributed by atoms with Gasteiger partial charge in [0, 0.05) is 17.5 Å². The summed E-state index contributed by atoms with van der Waals surface area (Å²) in [6.45, 7) is 0. The molecule has 0 bridgehead atoms. The molecule has 3 aromatic rings. The molecule has 1 aromatic heterocycles. The Morgan fingerprint density at radius 1 is 1.06 bits per heavy atom. The molecule has 4 heteroatoms. The molecule has 3 rings (SSSR count). The lowest BCUT2D eigenvalue weighted by atomic mass is 10.1. The monoisotopic (exact) mass is 223 g/mol. The van der Waals surface area contributed by atoms with E-state index in [-0.39, 0.29) is 5.69 Å². The van der Waals surface area contributed by atoms with E-state index >= 15 is 0 Å². The second kappa shape index (κ2) is 3.52. The summed E-state index contributed by atoms with van der Waals surface area (Å²) in [6, 6.07) is 15.4. The Hall–Kier alpha value is -2.49. The number of rotatable bonds is 1. The van der Waals surface area contributed by atoms with E-state index in [9.17, 15) is 10.1 Å². The molecule has 0 fully saturated rings. The molecule has 0 spiro atoms. The predicted molar refractivity (Wildman–Crippen MR) is 64.7 cm³/mol. The lowest BCUT2D eigenvalue weighted by Crippen LogP contribution is -1.91. The number of nitrogens with zero attached hydrogens (tertiary/aromatic N) is 2. The Morgan fingerprint density at radius 2 is 1.82 bits per heavy atom. The van der Waals surface area contributed by atoms with E-state index in [1.165, 1.54) is 6.07 Å². The van der Waals surface area contributed by atoms with Gasteiger partial charge in [-0.3, -0.25) is 10.1 Å². The maximum Gasteiger partial charge on any atom is 0.279 e. The van der Waals surface area contributed by atoms with Gasteiger partial charge >= 0.3 is 0 Å². The van der Waals surface area contributed by atoms with Crippen LogP contribution in [-0.4, -0.2) is 9.91 Å². The number of fused-ring (bicyclic) bond motifs is 2. The summed E-state index contributed by atoms with van der Waals surface area (Å²) >= 11 is 0. The first-order chi connectivity index (χ1) is 8.25. The Labute approximate surface area is 96.7 Å². The molecule has 0 amide bonds. The van der Waals surface area contributed by atoms with Crippen LogP contribution in [0, 0.1) is 16.2 Å². The minimum absolute atomic E-state index is 0.0424. The smallest absolute Gasteiger partial charge is 0.258 e. The van der Waals surface area contributed by atoms with Gasteiger partial charge in [-0.1, -0.05) is 24.3 Å². The Morgan fingerprint density at radius 3 is 2.65 bits per heavy atom. The molecule has 0 aliphatic carbocycles. The van der Waals surface area contributed by atoms with E-state index in [2.05, 4.69) is 11.1 Å². The van der Waals surface area contributed by atoms with Gasteiger partial charge in [-0.15, -0.1) is 0 Å². The number of hydrogen-bond donors (Lipinski definition) is 0. The molecule has 2 aromatic carbocycles. The summed E-state index contributed by atoms with van der Waals surface area (Å²) in [5, 5.41) is 12.1. The van der Waals surface area contributed by atoms with Crippen LogP contribution in [0.3, 0.4) is 0 Å². The molecule has 81 valence electrons. The van der Waals surface area contributed by atoms with Gasteiger partial charge in [0.05, 0.1) is 21.3 Å². The third-order valence-corrected chi connectivity index (χ3v) is 2.62. The first-order valence-electron chi connectivity index (χ1n) is 5.11. The van der Waals surface area contributed by atoms with E-state index in [0.717, 1.165) is 10.9 Å². The Balaban J connectivity index is 2.47. The fourth-order valence-electron chi connectivity index (χ4n) is 1.84. The minimum atomic E-state index is -0.407. The SMILES string of the molecule is O=[N+]([O-])c1cccc2nc3ccccc3[c]c12. The fourth-order valence-corrected chi connectivity index (χ4v) is 1.84. The van der Waals surface area contributed by atoms with Gasteiger partial charge in [-0.2, -0.15) is 0 Å². The van der Waals surface area contributed by atoms with Crippen molar-refractivity contribution < 1.29 is 4.92 Å². The molecule has 17 heavy (non-hydrogen) atoms. The van der Waals surface area contributed by atoms with E-state index in [4.69, 9.17) is 0 Å². The zero-order valence-electron chi connectivity index (χ0n) is 8.75. The van der Waals surface area contributed by atoms with Crippen molar-refractivity contribution in [2.24, 2.45) is 0 Å². The molecular formula is C13H7N2O2. The molecule has 0 aliphatic rings. The molecule has 1 radical (unpaired) electrons. The number of non-ortho nitro benzene ring substituents is 1. The highest BCUT2D eigenvalue weighted by molar-refractivity contribution is 5.96. The summed E-state index contributed by atoms with van der Waals surface area (Å²) in [5.41, 5.74) is 1.43. The summed E-state index contributed by atoms with van der Waals surface area (Å²) in [5.74, 6) is 0. The summed E-state index contributed by atoms with van der Waals surface area (Å²) in [7, 11) is 0. The normalized spacial score (nSPS) is 10.8. The molecule has 0 saturated heterocycles. The third-order valence-electron chi connectivity index (χ3n) is 2.62. The van der Waals surface area contributed by atoms with Crippen molar-refractivity contribution in [3.8, 4) is 0 Å². The second-order valence-corrected chi connectivity index (χ2v) is 3.68. The lowest BCUT2D eigenvalue weighted by molar-refractivity contribution is -0.383. The number of hydrogen-bond acceptors (Lipinski definition) is 3. The van der Waals surface area contributed by atoms with Crippen molar-refractivity contribution in [3.63, 3.8) is 0 Å². The number of aromatic nitrogens is 1. The van der Waals surface area contributed by atoms with Crippen LogP contribution in [0.2, 0.25) is 0 Å². The van der Waals surface area contributed by atoms with Gasteiger partial charge in [0.15, 0.2) is 0 Å². The number of nitro benzene ring substituents is 1. The van der Waals surface area contributed by atoms with Crippen LogP contribution in [0.15, 0.2) is 42.5 Å². The minimum Gasteiger partial charge on any atom is -0.258 e. The van der Waals surface area contributed by atoms with Crippen LogP contribution >= 0.6 is 0 Å². The molecule has 0 atom stereocenters. The van der Waals surface area contributed by atoms with Crippen LogP contribution in [0.1, 0.15) is 0 Å². The van der Waals surface area contributed by atoms with Crippen molar-refractivity contribution in [2.45, 2.75) is 0 Å². The van der Waals surface area contributed by atoms with Crippen molar-refractivity contribution >= 4 is 27.5 Å². The largest absolute Gasteiger partial charge is 0.279 e. The van der Waals surface area contributed by atoms with Crippen LogP contribution < -0.4 is 0 Å². The Bertz CT molecular complexity index is 738. The van der Waals surface area contributed by atoms with Crippen LogP contribution in [0.25, 0.3) is 21.8 Å². The van der Waals surface area contributed by atoms with E-state index < -0.39 is 4.92 Å². The third kappa shape index (κ3) is 1.50. The van der Waals surface area contributed by atoms with Crippen LogP contribution in [0.5, 0.6) is 0 Å². The van der Waals surface area contributed by atoms with Gasteiger partial charge in [-0.25, -0.2) is 4.98 Å². The second-order valence-electron chi connectivity index (χ2n) is 3.68. The van der Waals surface area contributed by atoms with Crippen molar-refractivity contribution in [1.29, 1.82) is 0 Å². The van der Waals surface area contributed by atoms with E-state index in [1.54, 1.807) is 12.1 Å². The standard InChI is InChI=1S/C13H7N2O2/c16-15(17)13-7-3-6-12-10(13)8-9-4-1-2-5-11(9)14-12/h1-7H. The zero-order valence-corrected chi connectivity index (χ0v) is 8.75. The van der Waals surface area contributed by atoms with E-state index in [1.807, 2.05) is 24.3 Å². The van der Waals surface area contributed by atoms with Crippen molar-refractivity contribution in [3.05, 3.63) is 58.6 Å².